The van der Waals surface area contributed by atoms with Gasteiger partial charge in [-0.1, -0.05) is 0 Å². The van der Waals surface area contributed by atoms with Crippen molar-refractivity contribution in [1.82, 2.24) is 0 Å². The van der Waals surface area contributed by atoms with Crippen molar-refractivity contribution in [2.45, 2.75) is 27.7 Å². The zero-order chi connectivity index (χ0) is 16.7. The molecule has 0 aliphatic rings. The molecular weight excluding hydrogens is 469 g/mol. The average molecular weight is 497 g/mol. The molecule has 0 heterocycles. The molecule has 2 aromatic carbocycles. The summed E-state index contributed by atoms with van der Waals surface area (Å²) in [5.74, 6) is 0. The van der Waals surface area contributed by atoms with E-state index in [0.717, 1.165) is 26.2 Å². The van der Waals surface area contributed by atoms with Crippen LogP contribution in [0.15, 0.2) is 48.5 Å². The summed E-state index contributed by atoms with van der Waals surface area (Å²) in [6.45, 7) is 13.2. The van der Waals surface area contributed by atoms with Gasteiger partial charge in [-0.15, -0.1) is 0 Å². The maximum absolute atomic E-state index is 2.40. The molecule has 0 saturated carbocycles. The summed E-state index contributed by atoms with van der Waals surface area (Å²) in [4.78, 5) is 4.80. The molecule has 2 aromatic rings. The monoisotopic (exact) mass is 498 g/mol. The van der Waals surface area contributed by atoms with Gasteiger partial charge in [-0.3, -0.25) is 0 Å². The molecule has 0 aliphatic heterocycles. The van der Waals surface area contributed by atoms with E-state index in [4.69, 9.17) is 0 Å². The SMILES string of the molecule is CCN(CC)c1cc[c]([Hg][c]2ccc(N(CC)CC)cc2)cc1. The first-order valence-corrected chi connectivity index (χ1v) is 14.4. The minimum atomic E-state index is -1.20. The number of benzene rings is 2. The van der Waals surface area contributed by atoms with E-state index in [1.807, 2.05) is 0 Å². The van der Waals surface area contributed by atoms with Crippen LogP contribution in [0.1, 0.15) is 27.7 Å². The predicted octanol–water partition coefficient (Wildman–Crippen LogP) is 3.41. The molecule has 0 aliphatic carbocycles. The molecule has 0 aromatic heterocycles. The van der Waals surface area contributed by atoms with Crippen molar-refractivity contribution in [2.24, 2.45) is 0 Å². The molecule has 0 amide bonds. The van der Waals surface area contributed by atoms with Gasteiger partial charge in [0.25, 0.3) is 0 Å². The van der Waals surface area contributed by atoms with E-state index in [9.17, 15) is 0 Å². The summed E-state index contributed by atoms with van der Waals surface area (Å²) in [7, 11) is 0. The Labute approximate surface area is 153 Å². The van der Waals surface area contributed by atoms with Crippen LogP contribution < -0.4 is 15.9 Å². The van der Waals surface area contributed by atoms with Crippen LogP contribution in [0.5, 0.6) is 0 Å². The van der Waals surface area contributed by atoms with Gasteiger partial charge in [0, 0.05) is 0 Å². The summed E-state index contributed by atoms with van der Waals surface area (Å²) in [5.41, 5.74) is 2.70. The van der Waals surface area contributed by atoms with Gasteiger partial charge in [0.1, 0.15) is 0 Å². The van der Waals surface area contributed by atoms with Gasteiger partial charge >= 0.3 is 154 Å². The first-order valence-electron chi connectivity index (χ1n) is 8.89. The van der Waals surface area contributed by atoms with Gasteiger partial charge in [0.15, 0.2) is 0 Å². The summed E-state index contributed by atoms with van der Waals surface area (Å²) < 4.78 is 3.19. The van der Waals surface area contributed by atoms with Crippen LogP contribution in [0.4, 0.5) is 11.4 Å². The van der Waals surface area contributed by atoms with E-state index < -0.39 is 24.6 Å². The Morgan fingerprint density at radius 3 is 1.13 bits per heavy atom. The Morgan fingerprint density at radius 1 is 0.565 bits per heavy atom. The van der Waals surface area contributed by atoms with Gasteiger partial charge < -0.3 is 0 Å². The first-order chi connectivity index (χ1) is 11.2. The second-order valence-corrected chi connectivity index (χ2v) is 13.6. The van der Waals surface area contributed by atoms with Crippen LogP contribution in [0.25, 0.3) is 0 Å². The Kier molecular flexibility index (Phi) is 7.42. The Bertz CT molecular complexity index is 516. The molecule has 2 nitrogen and oxygen atoms in total. The van der Waals surface area contributed by atoms with Crippen molar-refractivity contribution in [3.8, 4) is 0 Å². The average Bonchev–Trinajstić information content (AvgIpc) is 2.60. The maximum atomic E-state index is 2.40. The summed E-state index contributed by atoms with van der Waals surface area (Å²) in [6, 6.07) is 18.6. The van der Waals surface area contributed by atoms with E-state index in [-0.39, 0.29) is 0 Å². The van der Waals surface area contributed by atoms with E-state index in [1.54, 1.807) is 6.14 Å². The third-order valence-electron chi connectivity index (χ3n) is 4.54. The number of hydrogen-bond acceptors (Lipinski definition) is 2. The van der Waals surface area contributed by atoms with Crippen molar-refractivity contribution < 1.29 is 24.6 Å². The van der Waals surface area contributed by atoms with Crippen LogP contribution in [-0.4, -0.2) is 26.2 Å². The molecule has 2 rings (SSSR count). The van der Waals surface area contributed by atoms with Crippen LogP contribution >= 0.6 is 0 Å². The molecule has 0 saturated heterocycles. The summed E-state index contributed by atoms with van der Waals surface area (Å²) in [6.07, 6.45) is 0. The van der Waals surface area contributed by atoms with Crippen molar-refractivity contribution in [3.05, 3.63) is 48.5 Å². The molecule has 0 bridgehead atoms. The Balaban J connectivity index is 2.04. The molecule has 0 unspecified atom stereocenters. The van der Waals surface area contributed by atoms with E-state index in [0.29, 0.717) is 0 Å². The molecular formula is C20H28HgN2. The van der Waals surface area contributed by atoms with Gasteiger partial charge in [0.05, 0.1) is 0 Å². The topological polar surface area (TPSA) is 6.48 Å². The van der Waals surface area contributed by atoms with Crippen molar-refractivity contribution in [3.63, 3.8) is 0 Å². The predicted molar refractivity (Wildman–Crippen MR) is 99.3 cm³/mol. The van der Waals surface area contributed by atoms with Crippen LogP contribution in [-0.2, 0) is 24.6 Å². The summed E-state index contributed by atoms with van der Waals surface area (Å²) in [5, 5.41) is 0. The fourth-order valence-electron chi connectivity index (χ4n) is 3.06. The number of rotatable bonds is 8. The van der Waals surface area contributed by atoms with E-state index in [2.05, 4.69) is 86.0 Å². The fourth-order valence-corrected chi connectivity index (χ4v) is 8.56. The van der Waals surface area contributed by atoms with Gasteiger partial charge in [-0.25, -0.2) is 0 Å². The third kappa shape index (κ3) is 4.97. The molecule has 0 fully saturated rings. The van der Waals surface area contributed by atoms with E-state index in [1.165, 1.54) is 11.4 Å². The fraction of sp³-hybridized carbons (Fsp3) is 0.400. The molecule has 0 spiro atoms. The number of nitrogens with zero attached hydrogens (tertiary/aromatic N) is 2. The van der Waals surface area contributed by atoms with Crippen molar-refractivity contribution in [1.29, 1.82) is 0 Å². The molecule has 0 atom stereocenters. The first kappa shape index (κ1) is 18.3. The molecule has 3 heteroatoms. The molecule has 0 radical (unpaired) electrons. The van der Waals surface area contributed by atoms with Crippen molar-refractivity contribution >= 4 is 17.5 Å². The second kappa shape index (κ2) is 9.31. The zero-order valence-corrected chi connectivity index (χ0v) is 20.5. The Hall–Kier alpha value is -1.02. The standard InChI is InChI=1S/2C10H14N.Hg/c2*1-3-11(4-2)10-8-6-5-7-9-10;/h2*6-9H,3-4H2,1-2H3;. The minimum absolute atomic E-state index is 1.08. The van der Waals surface area contributed by atoms with E-state index >= 15 is 0 Å². The van der Waals surface area contributed by atoms with Gasteiger partial charge in [-0.2, -0.15) is 0 Å². The Morgan fingerprint density at radius 2 is 0.870 bits per heavy atom. The second-order valence-electron chi connectivity index (χ2n) is 5.85. The molecule has 23 heavy (non-hydrogen) atoms. The number of hydrogen-bond donors (Lipinski definition) is 0. The quantitative estimate of drug-likeness (QED) is 0.517. The third-order valence-corrected chi connectivity index (χ3v) is 11.4. The van der Waals surface area contributed by atoms with Crippen molar-refractivity contribution in [2.75, 3.05) is 36.0 Å². The van der Waals surface area contributed by atoms with Gasteiger partial charge in [0.2, 0.25) is 0 Å². The number of anilines is 2. The summed E-state index contributed by atoms with van der Waals surface area (Å²) >= 11 is -1.20. The van der Waals surface area contributed by atoms with Gasteiger partial charge in [-0.05, 0) is 0 Å². The van der Waals surface area contributed by atoms with Crippen LogP contribution in [0.2, 0.25) is 0 Å². The van der Waals surface area contributed by atoms with Crippen LogP contribution in [0.3, 0.4) is 0 Å². The normalized spacial score (nSPS) is 10.3. The molecule has 120 valence electrons. The molecule has 0 N–H and O–H groups in total. The van der Waals surface area contributed by atoms with Crippen LogP contribution in [0, 0.1) is 0 Å². The zero-order valence-electron chi connectivity index (χ0n) is 15.0.